The number of anilines is 1. The van der Waals surface area contributed by atoms with Crippen LogP contribution in [0.4, 0.5) is 5.13 Å². The van der Waals surface area contributed by atoms with E-state index in [4.69, 9.17) is 4.74 Å². The number of para-hydroxylation sites is 1. The third-order valence-electron chi connectivity index (χ3n) is 4.02. The minimum Gasteiger partial charge on any atom is -0.496 e. The van der Waals surface area contributed by atoms with Gasteiger partial charge in [-0.05, 0) is 19.4 Å². The summed E-state index contributed by atoms with van der Waals surface area (Å²) in [7, 11) is 1.60. The fourth-order valence-electron chi connectivity index (χ4n) is 2.82. The Morgan fingerprint density at radius 2 is 2.25 bits per heavy atom. The molecule has 0 unspecified atom stereocenters. The Morgan fingerprint density at radius 1 is 1.46 bits per heavy atom. The van der Waals surface area contributed by atoms with Gasteiger partial charge in [-0.25, -0.2) is 4.98 Å². The zero-order valence-electron chi connectivity index (χ0n) is 13.6. The molecule has 3 rings (SSSR count). The molecule has 1 aromatic heterocycles. The van der Waals surface area contributed by atoms with Gasteiger partial charge in [0.05, 0.1) is 13.7 Å². The molecule has 7 heteroatoms. The highest BCUT2D eigenvalue weighted by Gasteiger charge is 2.36. The van der Waals surface area contributed by atoms with Crippen molar-refractivity contribution in [2.75, 3.05) is 12.4 Å². The molecule has 0 spiro atoms. The molecule has 1 N–H and O–H groups in total. The maximum Gasteiger partial charge on any atom is 0.248 e. The lowest BCUT2D eigenvalue weighted by Crippen LogP contribution is -2.41. The molecule has 126 valence electrons. The first kappa shape index (κ1) is 16.4. The number of likely N-dealkylation sites (tertiary alicyclic amines) is 1. The average Bonchev–Trinajstić information content (AvgIpc) is 3.14. The van der Waals surface area contributed by atoms with E-state index in [2.05, 4.69) is 10.3 Å². The molecule has 2 heterocycles. The van der Waals surface area contributed by atoms with Gasteiger partial charge in [0.1, 0.15) is 11.8 Å². The second-order valence-corrected chi connectivity index (χ2v) is 6.89. The normalized spacial score (nSPS) is 17.2. The smallest absolute Gasteiger partial charge is 0.248 e. The number of nitrogens with one attached hydrogen (secondary N) is 1. The molecule has 0 bridgehead atoms. The van der Waals surface area contributed by atoms with Crippen molar-refractivity contribution in [3.8, 4) is 5.75 Å². The monoisotopic (exact) mass is 345 g/mol. The third-order valence-corrected chi connectivity index (χ3v) is 4.84. The van der Waals surface area contributed by atoms with Gasteiger partial charge < -0.3 is 15.0 Å². The summed E-state index contributed by atoms with van der Waals surface area (Å²) in [6, 6.07) is 7.05. The highest BCUT2D eigenvalue weighted by molar-refractivity contribution is 7.15. The van der Waals surface area contributed by atoms with Gasteiger partial charge in [-0.1, -0.05) is 18.2 Å². The number of hydrogen-bond acceptors (Lipinski definition) is 5. The topological polar surface area (TPSA) is 71.5 Å². The Kier molecular flexibility index (Phi) is 4.80. The predicted molar refractivity (Wildman–Crippen MR) is 92.0 cm³/mol. The maximum absolute atomic E-state index is 12.6. The Hall–Kier alpha value is -2.41. The summed E-state index contributed by atoms with van der Waals surface area (Å²) < 4.78 is 5.34. The maximum atomic E-state index is 12.6. The average molecular weight is 345 g/mol. The molecule has 0 radical (unpaired) electrons. The first-order valence-electron chi connectivity index (χ1n) is 7.73. The number of aryl methyl sites for hydroxylation is 1. The molecular formula is C17H19N3O3S. The van der Waals surface area contributed by atoms with Crippen LogP contribution in [-0.4, -0.2) is 34.8 Å². The third kappa shape index (κ3) is 3.41. The van der Waals surface area contributed by atoms with E-state index < -0.39 is 6.04 Å². The van der Waals surface area contributed by atoms with Crippen molar-refractivity contribution in [3.05, 3.63) is 40.9 Å². The van der Waals surface area contributed by atoms with E-state index in [0.717, 1.165) is 10.4 Å². The van der Waals surface area contributed by atoms with Crippen LogP contribution in [0.5, 0.6) is 5.75 Å². The molecule has 6 nitrogen and oxygen atoms in total. The summed E-state index contributed by atoms with van der Waals surface area (Å²) in [5.41, 5.74) is 0.887. The van der Waals surface area contributed by atoms with E-state index in [1.54, 1.807) is 18.2 Å². The van der Waals surface area contributed by atoms with Gasteiger partial charge >= 0.3 is 0 Å². The van der Waals surface area contributed by atoms with Crippen molar-refractivity contribution in [1.82, 2.24) is 9.88 Å². The van der Waals surface area contributed by atoms with Crippen molar-refractivity contribution in [1.29, 1.82) is 0 Å². The van der Waals surface area contributed by atoms with Gasteiger partial charge in [-0.3, -0.25) is 9.59 Å². The van der Waals surface area contributed by atoms with Crippen molar-refractivity contribution < 1.29 is 14.3 Å². The molecule has 2 amide bonds. The van der Waals surface area contributed by atoms with Crippen LogP contribution >= 0.6 is 11.3 Å². The number of nitrogens with zero attached hydrogens (tertiary/aromatic N) is 2. The van der Waals surface area contributed by atoms with Crippen LogP contribution in [0, 0.1) is 6.92 Å². The molecular weight excluding hydrogens is 326 g/mol. The number of carbonyl (C=O) groups excluding carboxylic acids is 2. The second-order valence-electron chi connectivity index (χ2n) is 5.65. The van der Waals surface area contributed by atoms with E-state index >= 15 is 0 Å². The first-order valence-corrected chi connectivity index (χ1v) is 8.55. The summed E-state index contributed by atoms with van der Waals surface area (Å²) in [6.45, 7) is 2.29. The number of hydrogen-bond donors (Lipinski definition) is 1. The Balaban J connectivity index is 1.75. The zero-order valence-corrected chi connectivity index (χ0v) is 14.4. The number of aromatic nitrogens is 1. The second kappa shape index (κ2) is 7.00. The molecule has 1 aromatic carbocycles. The number of thiazole rings is 1. The van der Waals surface area contributed by atoms with E-state index in [1.807, 2.05) is 31.2 Å². The Morgan fingerprint density at radius 3 is 2.96 bits per heavy atom. The highest BCUT2D eigenvalue weighted by atomic mass is 32.1. The summed E-state index contributed by atoms with van der Waals surface area (Å²) in [5, 5.41) is 3.38. The van der Waals surface area contributed by atoms with E-state index in [-0.39, 0.29) is 11.8 Å². The minimum atomic E-state index is -0.480. The van der Waals surface area contributed by atoms with Crippen molar-refractivity contribution in [2.45, 2.75) is 32.4 Å². The number of benzene rings is 1. The van der Waals surface area contributed by atoms with Crippen molar-refractivity contribution in [3.63, 3.8) is 0 Å². The number of carbonyl (C=O) groups is 2. The zero-order chi connectivity index (χ0) is 17.1. The lowest BCUT2D eigenvalue weighted by Gasteiger charge is -2.24. The first-order chi connectivity index (χ1) is 11.6. The fourth-order valence-corrected chi connectivity index (χ4v) is 3.49. The molecule has 0 aliphatic carbocycles. The number of ether oxygens (including phenoxy) is 1. The lowest BCUT2D eigenvalue weighted by atomic mass is 10.1. The van der Waals surface area contributed by atoms with Crippen LogP contribution < -0.4 is 10.1 Å². The van der Waals surface area contributed by atoms with Gasteiger partial charge in [-0.15, -0.1) is 11.3 Å². The summed E-state index contributed by atoms with van der Waals surface area (Å²) in [5.74, 6) is 0.508. The van der Waals surface area contributed by atoms with Crippen molar-refractivity contribution in [2.24, 2.45) is 0 Å². The molecule has 1 aliphatic rings. The van der Waals surface area contributed by atoms with E-state index in [1.165, 1.54) is 11.3 Å². The van der Waals surface area contributed by atoms with Crippen LogP contribution in [0.3, 0.4) is 0 Å². The number of amides is 2. The fraction of sp³-hybridized carbons (Fsp3) is 0.353. The van der Waals surface area contributed by atoms with E-state index in [9.17, 15) is 9.59 Å². The van der Waals surface area contributed by atoms with Crippen molar-refractivity contribution >= 4 is 28.3 Å². The van der Waals surface area contributed by atoms with Crippen LogP contribution in [0.25, 0.3) is 0 Å². The summed E-state index contributed by atoms with van der Waals surface area (Å²) in [4.78, 5) is 31.6. The minimum absolute atomic E-state index is 0.0172. The van der Waals surface area contributed by atoms with Crippen LogP contribution in [0.15, 0.2) is 30.5 Å². The Bertz CT molecular complexity index is 759. The lowest BCUT2D eigenvalue weighted by molar-refractivity contribution is -0.133. The van der Waals surface area contributed by atoms with Crippen LogP contribution in [0.1, 0.15) is 23.3 Å². The molecule has 2 aromatic rings. The quantitative estimate of drug-likeness (QED) is 0.904. The standard InChI is InChI=1S/C17H19N3O3S/c1-11-9-18-17(24-11)19-16(22)13-7-8-15(21)20(13)10-12-5-3-4-6-14(12)23-2/h3-6,9,13H,7-8,10H2,1-2H3,(H,18,19,22)/t13-/m1/s1. The van der Waals surface area contributed by atoms with E-state index in [0.29, 0.717) is 30.3 Å². The van der Waals surface area contributed by atoms with Gasteiger partial charge in [-0.2, -0.15) is 0 Å². The highest BCUT2D eigenvalue weighted by Crippen LogP contribution is 2.27. The molecule has 24 heavy (non-hydrogen) atoms. The largest absolute Gasteiger partial charge is 0.496 e. The molecule has 0 saturated carbocycles. The summed E-state index contributed by atoms with van der Waals surface area (Å²) >= 11 is 1.42. The SMILES string of the molecule is COc1ccccc1CN1C(=O)CC[C@@H]1C(=O)Nc1ncc(C)s1. The van der Waals surface area contributed by atoms with Crippen LogP contribution in [-0.2, 0) is 16.1 Å². The van der Waals surface area contributed by atoms with Gasteiger partial charge in [0.25, 0.3) is 0 Å². The molecule has 1 atom stereocenters. The van der Waals surface area contributed by atoms with Crippen LogP contribution in [0.2, 0.25) is 0 Å². The molecule has 1 fully saturated rings. The number of rotatable bonds is 5. The van der Waals surface area contributed by atoms with Gasteiger partial charge in [0.2, 0.25) is 11.8 Å². The summed E-state index contributed by atoms with van der Waals surface area (Å²) in [6.07, 6.45) is 2.61. The Labute approximate surface area is 144 Å². The number of methoxy groups -OCH3 is 1. The molecule has 1 aliphatic heterocycles. The van der Waals surface area contributed by atoms with Gasteiger partial charge in [0, 0.05) is 23.1 Å². The van der Waals surface area contributed by atoms with Gasteiger partial charge in [0.15, 0.2) is 5.13 Å². The molecule has 1 saturated heterocycles. The predicted octanol–water partition coefficient (Wildman–Crippen LogP) is 2.59.